The van der Waals surface area contributed by atoms with E-state index in [-0.39, 0.29) is 18.0 Å². The zero-order valence-corrected chi connectivity index (χ0v) is 17.3. The molecular weight excluding hydrogens is 436 g/mol. The number of hydrogen-bond acceptors (Lipinski definition) is 7. The average Bonchev–Trinajstić information content (AvgIpc) is 3.42. The van der Waals surface area contributed by atoms with Gasteiger partial charge in [0.1, 0.15) is 11.1 Å². The summed E-state index contributed by atoms with van der Waals surface area (Å²) >= 11 is 8.42. The van der Waals surface area contributed by atoms with Crippen molar-refractivity contribution in [1.29, 1.82) is 0 Å². The van der Waals surface area contributed by atoms with Gasteiger partial charge in [-0.3, -0.25) is 19.1 Å². The van der Waals surface area contributed by atoms with Gasteiger partial charge in [0.15, 0.2) is 0 Å². The van der Waals surface area contributed by atoms with E-state index in [1.165, 1.54) is 50.7 Å². The number of hydrogen-bond donors (Lipinski definition) is 1. The lowest BCUT2D eigenvalue weighted by Crippen LogP contribution is -2.34. The van der Waals surface area contributed by atoms with Crippen LogP contribution in [0.5, 0.6) is 0 Å². The molecule has 1 N–H and O–H groups in total. The van der Waals surface area contributed by atoms with Gasteiger partial charge in [-0.1, -0.05) is 11.6 Å². The van der Waals surface area contributed by atoms with Crippen LogP contribution in [-0.2, 0) is 11.3 Å². The standard InChI is InChI=1S/C18H15ClN4O4S2/c19-14-2-1-13(29-14)17(25)21-6-12-8-23(18(26)27-12)16-5-11(9-28-16)7-22-10-20-4-3-15(22)24/h1-5,9-10,12H,6-8H2,(H,21,25)/t12-/m0/s1. The normalized spacial score (nSPS) is 16.1. The number of carbonyl (C=O) groups is 2. The van der Waals surface area contributed by atoms with Gasteiger partial charge in [-0.15, -0.1) is 22.7 Å². The number of thiophene rings is 2. The van der Waals surface area contributed by atoms with Gasteiger partial charge >= 0.3 is 6.09 Å². The van der Waals surface area contributed by atoms with Crippen molar-refractivity contribution in [3.05, 3.63) is 67.3 Å². The maximum atomic E-state index is 12.2. The highest BCUT2D eigenvalue weighted by Crippen LogP contribution is 2.29. The average molecular weight is 451 g/mol. The van der Waals surface area contributed by atoms with Crippen molar-refractivity contribution in [2.24, 2.45) is 0 Å². The van der Waals surface area contributed by atoms with Crippen molar-refractivity contribution in [3.63, 3.8) is 0 Å². The second-order valence-electron chi connectivity index (χ2n) is 6.27. The van der Waals surface area contributed by atoms with Crippen LogP contribution in [0, 0.1) is 0 Å². The number of carbonyl (C=O) groups excluding carboxylic acids is 2. The summed E-state index contributed by atoms with van der Waals surface area (Å²) in [5, 5.41) is 5.37. The lowest BCUT2D eigenvalue weighted by molar-refractivity contribution is 0.0920. The Balaban J connectivity index is 1.36. The first-order chi connectivity index (χ1) is 14.0. The highest BCUT2D eigenvalue weighted by molar-refractivity contribution is 7.18. The molecule has 3 aromatic heterocycles. The lowest BCUT2D eigenvalue weighted by atomic mass is 10.3. The van der Waals surface area contributed by atoms with Crippen LogP contribution in [0.2, 0.25) is 4.34 Å². The van der Waals surface area contributed by atoms with Gasteiger partial charge in [0.2, 0.25) is 0 Å². The molecule has 1 aliphatic heterocycles. The summed E-state index contributed by atoms with van der Waals surface area (Å²) in [6, 6.07) is 6.55. The molecule has 1 aliphatic rings. The van der Waals surface area contributed by atoms with Gasteiger partial charge in [0.25, 0.3) is 11.5 Å². The third-order valence-electron chi connectivity index (χ3n) is 4.21. The molecular formula is C18H15ClN4O4S2. The van der Waals surface area contributed by atoms with Crippen LogP contribution in [0.1, 0.15) is 15.2 Å². The molecule has 0 bridgehead atoms. The Hall–Kier alpha value is -2.69. The lowest BCUT2D eigenvalue weighted by Gasteiger charge is -2.10. The molecule has 1 fully saturated rings. The molecule has 4 heterocycles. The zero-order chi connectivity index (χ0) is 20.4. The summed E-state index contributed by atoms with van der Waals surface area (Å²) in [6.07, 6.45) is 2.01. The number of anilines is 1. The third kappa shape index (κ3) is 4.50. The number of halogens is 1. The molecule has 0 unspecified atom stereocenters. The number of ether oxygens (including phenoxy) is 1. The molecule has 11 heteroatoms. The highest BCUT2D eigenvalue weighted by atomic mass is 35.5. The van der Waals surface area contributed by atoms with E-state index in [2.05, 4.69) is 10.3 Å². The minimum Gasteiger partial charge on any atom is -0.442 e. The minimum atomic E-state index is -0.463. The first kappa shape index (κ1) is 19.6. The summed E-state index contributed by atoms with van der Waals surface area (Å²) in [7, 11) is 0. The monoisotopic (exact) mass is 450 g/mol. The summed E-state index contributed by atoms with van der Waals surface area (Å²) < 4.78 is 7.38. The predicted molar refractivity (Wildman–Crippen MR) is 111 cm³/mol. The van der Waals surface area contributed by atoms with E-state index in [1.807, 2.05) is 11.4 Å². The van der Waals surface area contributed by atoms with Crippen molar-refractivity contribution in [2.75, 3.05) is 18.0 Å². The number of rotatable bonds is 6. The van der Waals surface area contributed by atoms with Gasteiger partial charge < -0.3 is 10.1 Å². The van der Waals surface area contributed by atoms with E-state index in [1.54, 1.807) is 12.1 Å². The smallest absolute Gasteiger partial charge is 0.415 e. The van der Waals surface area contributed by atoms with E-state index in [9.17, 15) is 14.4 Å². The molecule has 0 saturated carbocycles. The summed E-state index contributed by atoms with van der Waals surface area (Å²) in [4.78, 5) is 42.1. The summed E-state index contributed by atoms with van der Waals surface area (Å²) in [6.45, 7) is 0.909. The molecule has 0 spiro atoms. The fourth-order valence-corrected chi connectivity index (χ4v) is 4.69. The van der Waals surface area contributed by atoms with Crippen LogP contribution < -0.4 is 15.8 Å². The number of cyclic esters (lactones) is 1. The molecule has 0 aliphatic carbocycles. The largest absolute Gasteiger partial charge is 0.442 e. The topological polar surface area (TPSA) is 93.5 Å². The summed E-state index contributed by atoms with van der Waals surface area (Å²) in [5.41, 5.74) is 0.746. The molecule has 29 heavy (non-hydrogen) atoms. The molecule has 8 nitrogen and oxygen atoms in total. The zero-order valence-electron chi connectivity index (χ0n) is 14.9. The van der Waals surface area contributed by atoms with Crippen molar-refractivity contribution in [2.45, 2.75) is 12.6 Å². The molecule has 1 atom stereocenters. The molecule has 4 rings (SSSR count). The van der Waals surface area contributed by atoms with Crippen molar-refractivity contribution >= 4 is 51.3 Å². The Morgan fingerprint density at radius 1 is 1.34 bits per heavy atom. The minimum absolute atomic E-state index is 0.142. The molecule has 0 aromatic carbocycles. The fourth-order valence-electron chi connectivity index (χ4n) is 2.82. The second-order valence-corrected chi connectivity index (χ2v) is 8.87. The Labute approximate surface area is 178 Å². The van der Waals surface area contributed by atoms with Crippen molar-refractivity contribution < 1.29 is 14.3 Å². The van der Waals surface area contributed by atoms with Crippen molar-refractivity contribution in [3.8, 4) is 0 Å². The molecule has 2 amide bonds. The first-order valence-corrected chi connectivity index (χ1v) is 10.7. The number of nitrogens with zero attached hydrogens (tertiary/aromatic N) is 3. The van der Waals surface area contributed by atoms with E-state index >= 15 is 0 Å². The SMILES string of the molecule is O=C(NC[C@H]1CN(c2cc(Cn3cnccc3=O)cs2)C(=O)O1)c1ccc(Cl)s1. The van der Waals surface area contributed by atoms with Crippen LogP contribution in [0.4, 0.5) is 9.80 Å². The summed E-state index contributed by atoms with van der Waals surface area (Å²) in [5.74, 6) is -0.253. The Morgan fingerprint density at radius 3 is 2.97 bits per heavy atom. The molecule has 3 aromatic rings. The quantitative estimate of drug-likeness (QED) is 0.623. The van der Waals surface area contributed by atoms with E-state index in [4.69, 9.17) is 16.3 Å². The first-order valence-electron chi connectivity index (χ1n) is 8.59. The maximum absolute atomic E-state index is 12.2. The number of nitrogens with one attached hydrogen (secondary N) is 1. The molecule has 150 valence electrons. The van der Waals surface area contributed by atoms with E-state index in [0.717, 1.165) is 10.6 Å². The van der Waals surface area contributed by atoms with Crippen LogP contribution >= 0.6 is 34.3 Å². The second kappa shape index (κ2) is 8.36. The molecule has 1 saturated heterocycles. The van der Waals surface area contributed by atoms with Crippen LogP contribution in [-0.4, -0.2) is 40.7 Å². The fraction of sp³-hybridized carbons (Fsp3) is 0.222. The Bertz CT molecular complexity index is 1110. The Morgan fingerprint density at radius 2 is 2.21 bits per heavy atom. The van der Waals surface area contributed by atoms with Crippen LogP contribution in [0.3, 0.4) is 0 Å². The van der Waals surface area contributed by atoms with Crippen molar-refractivity contribution in [1.82, 2.24) is 14.9 Å². The van der Waals surface area contributed by atoms with Crippen LogP contribution in [0.25, 0.3) is 0 Å². The maximum Gasteiger partial charge on any atom is 0.415 e. The van der Waals surface area contributed by atoms with E-state index in [0.29, 0.717) is 22.3 Å². The van der Waals surface area contributed by atoms with Gasteiger partial charge in [-0.25, -0.2) is 9.78 Å². The number of amides is 2. The Kier molecular flexibility index (Phi) is 5.65. The van der Waals surface area contributed by atoms with Gasteiger partial charge in [0.05, 0.1) is 35.2 Å². The van der Waals surface area contributed by atoms with Gasteiger partial charge in [0, 0.05) is 12.3 Å². The van der Waals surface area contributed by atoms with Gasteiger partial charge in [-0.05, 0) is 29.1 Å². The third-order valence-corrected chi connectivity index (χ3v) is 6.44. The van der Waals surface area contributed by atoms with E-state index < -0.39 is 12.2 Å². The molecule has 0 radical (unpaired) electrons. The predicted octanol–water partition coefficient (Wildman–Crippen LogP) is 2.82. The van der Waals surface area contributed by atoms with Gasteiger partial charge in [-0.2, -0.15) is 0 Å². The highest BCUT2D eigenvalue weighted by Gasteiger charge is 2.33. The number of aromatic nitrogens is 2. The van der Waals surface area contributed by atoms with Crippen LogP contribution in [0.15, 0.2) is 47.0 Å².